The van der Waals surface area contributed by atoms with Gasteiger partial charge in [0.05, 0.1) is 0 Å². The predicted octanol–water partition coefficient (Wildman–Crippen LogP) is 2.71. The summed E-state index contributed by atoms with van der Waals surface area (Å²) in [6.07, 6.45) is -2.90. The first kappa shape index (κ1) is 19.7. The minimum Gasteiger partial charge on any atom is -0.465 e. The van der Waals surface area contributed by atoms with Crippen LogP contribution >= 0.6 is 23.6 Å². The fourth-order valence-corrected chi connectivity index (χ4v) is 2.66. The maximum absolute atomic E-state index is 13.7. The van der Waals surface area contributed by atoms with Gasteiger partial charge < -0.3 is 10.4 Å². The van der Waals surface area contributed by atoms with Crippen LogP contribution in [0.25, 0.3) is 0 Å². The van der Waals surface area contributed by atoms with Gasteiger partial charge in [-0.15, -0.1) is 5.10 Å². The van der Waals surface area contributed by atoms with Crippen molar-refractivity contribution in [3.63, 3.8) is 0 Å². The van der Waals surface area contributed by atoms with E-state index in [0.717, 1.165) is 11.3 Å². The van der Waals surface area contributed by atoms with Crippen LogP contribution in [0.2, 0.25) is 0 Å². The van der Waals surface area contributed by atoms with Crippen LogP contribution in [0.3, 0.4) is 0 Å². The van der Waals surface area contributed by atoms with Crippen molar-refractivity contribution in [1.82, 2.24) is 15.5 Å². The highest BCUT2D eigenvalue weighted by molar-refractivity contribution is 7.73. The summed E-state index contributed by atoms with van der Waals surface area (Å²) in [6.45, 7) is 0. The first-order chi connectivity index (χ1) is 12.1. The van der Waals surface area contributed by atoms with E-state index in [4.69, 9.17) is 17.3 Å². The molecule has 0 aliphatic carbocycles. The molecule has 0 aliphatic heterocycles. The van der Waals surface area contributed by atoms with Crippen LogP contribution in [0.1, 0.15) is 5.56 Å². The molecule has 0 bridgehead atoms. The summed E-state index contributed by atoms with van der Waals surface area (Å²) in [4.78, 5) is 22.9. The highest BCUT2D eigenvalue weighted by Gasteiger charge is 2.30. The minimum atomic E-state index is -2.37. The van der Waals surface area contributed by atoms with Crippen molar-refractivity contribution in [3.8, 4) is 0 Å². The van der Waals surface area contributed by atoms with Gasteiger partial charge >= 0.3 is 6.09 Å². The predicted molar refractivity (Wildman–Crippen MR) is 80.8 cm³/mol. The molecule has 0 spiro atoms. The lowest BCUT2D eigenvalue weighted by atomic mass is 10.0. The molecule has 14 heteroatoms. The summed E-state index contributed by atoms with van der Waals surface area (Å²) in [5, 5.41) is 18.3. The normalized spacial score (nSPS) is 11.9. The number of aromatic amines is 1. The zero-order valence-electron chi connectivity index (χ0n) is 12.2. The third-order valence-corrected chi connectivity index (χ3v) is 4.00. The van der Waals surface area contributed by atoms with Crippen molar-refractivity contribution in [3.05, 3.63) is 38.6 Å². The molecule has 0 saturated carbocycles. The number of carboxylic acid groups (broad SMARTS) is 1. The van der Waals surface area contributed by atoms with Crippen LogP contribution in [0.4, 0.5) is 31.9 Å². The molecule has 7 nitrogen and oxygen atoms in total. The van der Waals surface area contributed by atoms with Crippen LogP contribution < -0.4 is 10.6 Å². The minimum absolute atomic E-state index is 0.0883. The number of benzene rings is 1. The molecule has 1 atom stereocenters. The van der Waals surface area contributed by atoms with Gasteiger partial charge in [-0.25, -0.2) is 26.7 Å². The highest BCUT2D eigenvalue weighted by Crippen LogP contribution is 2.24. The number of anilines is 1. The molecule has 2 aromatic rings. The maximum atomic E-state index is 13.7. The summed E-state index contributed by atoms with van der Waals surface area (Å²) in [5.74, 6) is -12.3. The van der Waals surface area contributed by atoms with Crippen LogP contribution in [0.15, 0.2) is 0 Å². The number of H-pyrrole nitrogens is 1. The Hall–Kier alpha value is -2.61. The first-order valence-electron chi connectivity index (χ1n) is 6.48. The molecule has 26 heavy (non-hydrogen) atoms. The van der Waals surface area contributed by atoms with E-state index in [1.54, 1.807) is 5.32 Å². The fraction of sp³-hybridized carbons (Fsp3) is 0.167. The average Bonchev–Trinajstić information content (AvgIpc) is 2.98. The van der Waals surface area contributed by atoms with Gasteiger partial charge in [-0.2, -0.15) is 0 Å². The maximum Gasteiger partial charge on any atom is 0.405 e. The number of amides is 2. The molecule has 1 heterocycles. The zero-order valence-corrected chi connectivity index (χ0v) is 13.8. The summed E-state index contributed by atoms with van der Waals surface area (Å²) >= 11 is 5.52. The Morgan fingerprint density at radius 2 is 1.65 bits per heavy atom. The van der Waals surface area contributed by atoms with Gasteiger partial charge in [-0.05, 0) is 12.2 Å². The van der Waals surface area contributed by atoms with E-state index in [0.29, 0.717) is 0 Å². The number of carbonyl (C=O) groups excluding carboxylic acids is 1. The Kier molecular flexibility index (Phi) is 5.86. The second-order valence-corrected chi connectivity index (χ2v) is 6.33. The molecule has 0 aliphatic rings. The van der Waals surface area contributed by atoms with Crippen molar-refractivity contribution in [2.75, 3.05) is 5.32 Å². The Morgan fingerprint density at radius 3 is 2.12 bits per heavy atom. The molecule has 140 valence electrons. The standard InChI is InChI=1S/C12H7F5N4O3S2/c13-4-2(5(14)7(16)8(17)6(4)15)1-3(18-11(23)24)9(22)19-10-20-21-12(25)26-10/h3,18H,1H2,(H,21,25)(H,23,24)(H,19,20,22). The number of aromatic nitrogens is 2. The lowest BCUT2D eigenvalue weighted by molar-refractivity contribution is -0.118. The second kappa shape index (κ2) is 7.74. The van der Waals surface area contributed by atoms with E-state index in [-0.39, 0.29) is 9.09 Å². The monoisotopic (exact) mass is 414 g/mol. The van der Waals surface area contributed by atoms with Crippen molar-refractivity contribution < 1.29 is 36.6 Å². The number of hydrogen-bond acceptors (Lipinski definition) is 5. The quantitative estimate of drug-likeness (QED) is 0.261. The molecular weight excluding hydrogens is 407 g/mol. The van der Waals surface area contributed by atoms with Gasteiger partial charge in [0, 0.05) is 12.0 Å². The van der Waals surface area contributed by atoms with Crippen molar-refractivity contribution in [1.29, 1.82) is 0 Å². The molecule has 0 fully saturated rings. The van der Waals surface area contributed by atoms with Gasteiger partial charge in [0.25, 0.3) is 0 Å². The van der Waals surface area contributed by atoms with E-state index in [1.807, 2.05) is 0 Å². The summed E-state index contributed by atoms with van der Waals surface area (Å²) < 4.78 is 67.2. The molecule has 4 N–H and O–H groups in total. The third kappa shape index (κ3) is 4.13. The molecule has 0 radical (unpaired) electrons. The van der Waals surface area contributed by atoms with E-state index in [9.17, 15) is 31.5 Å². The fourth-order valence-electron chi connectivity index (χ4n) is 1.87. The molecule has 1 aromatic heterocycles. The smallest absolute Gasteiger partial charge is 0.405 e. The Morgan fingerprint density at radius 1 is 1.12 bits per heavy atom. The third-order valence-electron chi connectivity index (χ3n) is 2.99. The number of hydrogen-bond donors (Lipinski definition) is 4. The van der Waals surface area contributed by atoms with E-state index in [1.165, 1.54) is 0 Å². The van der Waals surface area contributed by atoms with Crippen LogP contribution in [-0.4, -0.2) is 33.3 Å². The van der Waals surface area contributed by atoms with Crippen molar-refractivity contribution in [2.45, 2.75) is 12.5 Å². The van der Waals surface area contributed by atoms with Gasteiger partial charge in [-0.3, -0.25) is 15.2 Å². The van der Waals surface area contributed by atoms with Crippen LogP contribution in [0, 0.1) is 33.0 Å². The molecular formula is C12H7F5N4O3S2. The van der Waals surface area contributed by atoms with Crippen LogP contribution in [0.5, 0.6) is 0 Å². The average molecular weight is 414 g/mol. The van der Waals surface area contributed by atoms with Gasteiger partial charge in [-0.1, -0.05) is 11.3 Å². The SMILES string of the molecule is O=C(O)NC(Cc1c(F)c(F)c(F)c(F)c1F)C(=O)Nc1n[nH]c(=S)s1. The van der Waals surface area contributed by atoms with Crippen LogP contribution in [-0.2, 0) is 11.2 Å². The summed E-state index contributed by atoms with van der Waals surface area (Å²) in [7, 11) is 0. The summed E-state index contributed by atoms with van der Waals surface area (Å²) in [6, 6.07) is -1.88. The highest BCUT2D eigenvalue weighted by atomic mass is 32.1. The van der Waals surface area contributed by atoms with Gasteiger partial charge in [0.15, 0.2) is 27.2 Å². The van der Waals surface area contributed by atoms with Gasteiger partial charge in [0.1, 0.15) is 6.04 Å². The Balaban J connectivity index is 2.35. The van der Waals surface area contributed by atoms with Crippen molar-refractivity contribution in [2.24, 2.45) is 0 Å². The van der Waals surface area contributed by atoms with E-state index < -0.39 is 59.1 Å². The molecule has 1 aromatic carbocycles. The molecule has 0 saturated heterocycles. The zero-order chi connectivity index (χ0) is 19.6. The topological polar surface area (TPSA) is 107 Å². The first-order valence-corrected chi connectivity index (χ1v) is 7.70. The number of carbonyl (C=O) groups is 2. The number of nitrogens with zero attached hydrogens (tertiary/aromatic N) is 1. The number of halogens is 5. The summed E-state index contributed by atoms with van der Waals surface area (Å²) in [5.41, 5.74) is -1.34. The van der Waals surface area contributed by atoms with Gasteiger partial charge in [0.2, 0.25) is 16.9 Å². The Labute approximate surface area is 149 Å². The second-order valence-electron chi connectivity index (χ2n) is 4.66. The Bertz CT molecular complexity index is 903. The van der Waals surface area contributed by atoms with E-state index >= 15 is 0 Å². The number of nitrogens with one attached hydrogen (secondary N) is 3. The van der Waals surface area contributed by atoms with Crippen molar-refractivity contribution >= 4 is 40.7 Å². The lowest BCUT2D eigenvalue weighted by Gasteiger charge is -2.17. The largest absolute Gasteiger partial charge is 0.465 e. The molecule has 1 unspecified atom stereocenters. The molecule has 2 rings (SSSR count). The molecule has 2 amide bonds. The lowest BCUT2D eigenvalue weighted by Crippen LogP contribution is -2.45. The van der Waals surface area contributed by atoms with E-state index in [2.05, 4.69) is 15.5 Å². The number of rotatable bonds is 5.